The SMILES string of the molecule is CCOC(CCNC(=NC)NCc1nnc(C)n1C)C(C)C.I. The second-order valence-corrected chi connectivity index (χ2v) is 5.60. The highest BCUT2D eigenvalue weighted by Crippen LogP contribution is 2.09. The first-order chi connectivity index (χ1) is 10.5. The van der Waals surface area contributed by atoms with Crippen LogP contribution in [0.25, 0.3) is 0 Å². The minimum atomic E-state index is 0. The Labute approximate surface area is 156 Å². The van der Waals surface area contributed by atoms with E-state index < -0.39 is 0 Å². The minimum absolute atomic E-state index is 0. The fraction of sp³-hybridized carbons (Fsp3) is 0.800. The molecule has 0 spiro atoms. The Bertz CT molecular complexity index is 475. The van der Waals surface area contributed by atoms with Crippen molar-refractivity contribution < 1.29 is 4.74 Å². The van der Waals surface area contributed by atoms with E-state index in [0.29, 0.717) is 12.5 Å². The molecule has 23 heavy (non-hydrogen) atoms. The number of ether oxygens (including phenoxy) is 1. The number of nitrogens with one attached hydrogen (secondary N) is 2. The van der Waals surface area contributed by atoms with Crippen LogP contribution in [0.1, 0.15) is 38.8 Å². The van der Waals surface area contributed by atoms with Crippen molar-refractivity contribution in [2.24, 2.45) is 18.0 Å². The Morgan fingerprint density at radius 3 is 2.48 bits per heavy atom. The van der Waals surface area contributed by atoms with E-state index in [9.17, 15) is 0 Å². The third-order valence-corrected chi connectivity index (χ3v) is 3.67. The maximum absolute atomic E-state index is 5.74. The van der Waals surface area contributed by atoms with Crippen molar-refractivity contribution in [1.29, 1.82) is 0 Å². The van der Waals surface area contributed by atoms with Crippen LogP contribution in [-0.2, 0) is 18.3 Å². The molecule has 0 radical (unpaired) electrons. The normalized spacial score (nSPS) is 12.9. The van der Waals surface area contributed by atoms with E-state index in [2.05, 4.69) is 39.7 Å². The van der Waals surface area contributed by atoms with Gasteiger partial charge in [0.1, 0.15) is 5.82 Å². The summed E-state index contributed by atoms with van der Waals surface area (Å²) in [4.78, 5) is 4.22. The summed E-state index contributed by atoms with van der Waals surface area (Å²) in [6.45, 7) is 10.5. The Kier molecular flexibility index (Phi) is 11.2. The molecule has 1 heterocycles. The van der Waals surface area contributed by atoms with Gasteiger partial charge >= 0.3 is 0 Å². The summed E-state index contributed by atoms with van der Waals surface area (Å²) in [6, 6.07) is 0. The van der Waals surface area contributed by atoms with Crippen LogP contribution in [0.2, 0.25) is 0 Å². The van der Waals surface area contributed by atoms with Gasteiger partial charge in [-0.3, -0.25) is 4.99 Å². The molecule has 0 aromatic carbocycles. The fourth-order valence-corrected chi connectivity index (χ4v) is 2.14. The summed E-state index contributed by atoms with van der Waals surface area (Å²) in [5, 5.41) is 14.7. The first-order valence-corrected chi connectivity index (χ1v) is 7.90. The van der Waals surface area contributed by atoms with Crippen LogP contribution in [0.3, 0.4) is 0 Å². The van der Waals surface area contributed by atoms with Gasteiger partial charge in [-0.1, -0.05) is 13.8 Å². The fourth-order valence-electron chi connectivity index (χ4n) is 2.14. The highest BCUT2D eigenvalue weighted by Gasteiger charge is 2.13. The number of guanidine groups is 1. The van der Waals surface area contributed by atoms with Crippen molar-refractivity contribution in [2.75, 3.05) is 20.2 Å². The monoisotopic (exact) mass is 438 g/mol. The van der Waals surface area contributed by atoms with Gasteiger partial charge < -0.3 is 19.9 Å². The summed E-state index contributed by atoms with van der Waals surface area (Å²) in [7, 11) is 3.72. The molecule has 1 rings (SSSR count). The molecule has 1 aromatic heterocycles. The highest BCUT2D eigenvalue weighted by atomic mass is 127. The summed E-state index contributed by atoms with van der Waals surface area (Å²) < 4.78 is 7.71. The number of rotatable bonds is 8. The molecule has 0 aliphatic heterocycles. The van der Waals surface area contributed by atoms with Gasteiger partial charge in [-0.15, -0.1) is 34.2 Å². The second kappa shape index (κ2) is 11.6. The molecule has 0 amide bonds. The molecule has 7 nitrogen and oxygen atoms in total. The molecule has 134 valence electrons. The predicted octanol–water partition coefficient (Wildman–Crippen LogP) is 1.86. The largest absolute Gasteiger partial charge is 0.378 e. The van der Waals surface area contributed by atoms with Crippen LogP contribution in [0, 0.1) is 12.8 Å². The lowest BCUT2D eigenvalue weighted by molar-refractivity contribution is 0.0258. The zero-order valence-corrected chi connectivity index (χ0v) is 17.4. The predicted molar refractivity (Wildman–Crippen MR) is 104 cm³/mol. The third kappa shape index (κ3) is 7.47. The zero-order valence-electron chi connectivity index (χ0n) is 15.1. The van der Waals surface area contributed by atoms with Crippen molar-refractivity contribution in [3.63, 3.8) is 0 Å². The van der Waals surface area contributed by atoms with Crippen molar-refractivity contribution in [3.8, 4) is 0 Å². The quantitative estimate of drug-likeness (QED) is 0.368. The van der Waals surface area contributed by atoms with Crippen LogP contribution >= 0.6 is 24.0 Å². The van der Waals surface area contributed by atoms with Gasteiger partial charge in [0.15, 0.2) is 11.8 Å². The Balaban J connectivity index is 0.00000484. The third-order valence-electron chi connectivity index (χ3n) is 3.67. The second-order valence-electron chi connectivity index (χ2n) is 5.60. The van der Waals surface area contributed by atoms with Gasteiger partial charge in [0, 0.05) is 27.2 Å². The molecule has 1 aromatic rings. The van der Waals surface area contributed by atoms with Gasteiger partial charge in [0.25, 0.3) is 0 Å². The average Bonchev–Trinajstić information content (AvgIpc) is 2.81. The summed E-state index contributed by atoms with van der Waals surface area (Å²) in [5.41, 5.74) is 0. The van der Waals surface area contributed by atoms with E-state index in [4.69, 9.17) is 4.74 Å². The van der Waals surface area contributed by atoms with E-state index in [1.54, 1.807) is 7.05 Å². The number of hydrogen-bond donors (Lipinski definition) is 2. The molecular formula is C15H31IN6O. The van der Waals surface area contributed by atoms with E-state index in [1.165, 1.54) is 0 Å². The zero-order chi connectivity index (χ0) is 16.5. The Hall–Kier alpha value is -0.900. The molecular weight excluding hydrogens is 407 g/mol. The molecule has 0 fully saturated rings. The summed E-state index contributed by atoms with van der Waals surface area (Å²) in [5.74, 6) is 3.06. The molecule has 1 atom stereocenters. The number of hydrogen-bond acceptors (Lipinski definition) is 4. The number of aliphatic imine (C=N–C) groups is 1. The van der Waals surface area contributed by atoms with Crippen LogP contribution in [-0.4, -0.2) is 47.0 Å². The standard InChI is InChI=1S/C15H30N6O.HI/c1-7-22-13(11(2)3)8-9-17-15(16-5)18-10-14-20-19-12(4)21(14)6;/h11,13H,7-10H2,1-6H3,(H2,16,17,18);1H. The molecule has 1 unspecified atom stereocenters. The van der Waals surface area contributed by atoms with E-state index >= 15 is 0 Å². The molecule has 0 aliphatic rings. The summed E-state index contributed by atoms with van der Waals surface area (Å²) in [6.07, 6.45) is 1.23. The van der Waals surface area contributed by atoms with E-state index in [1.807, 2.05) is 25.5 Å². The molecule has 0 saturated heterocycles. The van der Waals surface area contributed by atoms with Crippen LogP contribution < -0.4 is 10.6 Å². The lowest BCUT2D eigenvalue weighted by Crippen LogP contribution is -2.39. The topological polar surface area (TPSA) is 76.4 Å². The van der Waals surface area contributed by atoms with Gasteiger partial charge in [0.2, 0.25) is 0 Å². The van der Waals surface area contributed by atoms with Crippen LogP contribution in [0.4, 0.5) is 0 Å². The first-order valence-electron chi connectivity index (χ1n) is 7.90. The highest BCUT2D eigenvalue weighted by molar-refractivity contribution is 14.0. The smallest absolute Gasteiger partial charge is 0.191 e. The minimum Gasteiger partial charge on any atom is -0.378 e. The number of aromatic nitrogens is 3. The van der Waals surface area contributed by atoms with Crippen molar-refractivity contribution in [2.45, 2.75) is 46.8 Å². The molecule has 0 aliphatic carbocycles. The number of nitrogens with zero attached hydrogens (tertiary/aromatic N) is 4. The lowest BCUT2D eigenvalue weighted by Gasteiger charge is -2.21. The number of aryl methyl sites for hydroxylation is 1. The van der Waals surface area contributed by atoms with Crippen molar-refractivity contribution >= 4 is 29.9 Å². The maximum atomic E-state index is 5.74. The van der Waals surface area contributed by atoms with Gasteiger partial charge in [-0.25, -0.2) is 0 Å². The average molecular weight is 438 g/mol. The number of halogens is 1. The van der Waals surface area contributed by atoms with E-state index in [0.717, 1.165) is 37.2 Å². The molecule has 0 bridgehead atoms. The van der Waals surface area contributed by atoms with Crippen molar-refractivity contribution in [3.05, 3.63) is 11.6 Å². The molecule has 0 saturated carbocycles. The molecule has 2 N–H and O–H groups in total. The Morgan fingerprint density at radius 2 is 2.00 bits per heavy atom. The van der Waals surface area contributed by atoms with Gasteiger partial charge in [-0.05, 0) is 26.2 Å². The van der Waals surface area contributed by atoms with E-state index in [-0.39, 0.29) is 30.1 Å². The van der Waals surface area contributed by atoms with Crippen LogP contribution in [0.5, 0.6) is 0 Å². The van der Waals surface area contributed by atoms with Gasteiger partial charge in [-0.2, -0.15) is 0 Å². The van der Waals surface area contributed by atoms with Crippen LogP contribution in [0.15, 0.2) is 4.99 Å². The first kappa shape index (κ1) is 22.1. The van der Waals surface area contributed by atoms with Crippen molar-refractivity contribution in [1.82, 2.24) is 25.4 Å². The Morgan fingerprint density at radius 1 is 1.30 bits per heavy atom. The summed E-state index contributed by atoms with van der Waals surface area (Å²) >= 11 is 0. The molecule has 8 heteroatoms. The van der Waals surface area contributed by atoms with Gasteiger partial charge in [0.05, 0.1) is 12.6 Å². The maximum Gasteiger partial charge on any atom is 0.191 e. The lowest BCUT2D eigenvalue weighted by atomic mass is 10.0.